The van der Waals surface area contributed by atoms with Gasteiger partial charge in [0.15, 0.2) is 0 Å². The molecule has 2 rings (SSSR count). The fourth-order valence-electron chi connectivity index (χ4n) is 2.63. The first-order chi connectivity index (χ1) is 9.93. The number of nitrogens with zero attached hydrogens (tertiary/aromatic N) is 1. The van der Waals surface area contributed by atoms with Gasteiger partial charge in [-0.3, -0.25) is 4.79 Å². The van der Waals surface area contributed by atoms with E-state index in [1.54, 1.807) is 24.0 Å². The van der Waals surface area contributed by atoms with Gasteiger partial charge < -0.3 is 10.0 Å². The zero-order valence-corrected chi connectivity index (χ0v) is 12.9. The van der Waals surface area contributed by atoms with E-state index in [9.17, 15) is 9.90 Å². The first kappa shape index (κ1) is 15.1. The van der Waals surface area contributed by atoms with Gasteiger partial charge in [0, 0.05) is 18.2 Å². The lowest BCUT2D eigenvalue weighted by Crippen LogP contribution is -2.32. The summed E-state index contributed by atoms with van der Waals surface area (Å²) in [7, 11) is 0. The highest BCUT2D eigenvalue weighted by molar-refractivity contribution is 5.93. The maximum absolute atomic E-state index is 12.2. The monoisotopic (exact) mass is 283 g/mol. The fourth-order valence-corrected chi connectivity index (χ4v) is 2.63. The number of carbonyl (C=O) groups is 1. The average molecular weight is 283 g/mol. The standard InChI is InChI=1S/C18H21NO2/c1-12-8-7-10-17(13(12)2)19(15(4)20)14(3)16-9-5-6-11-18(16)21/h5-11,14,21H,1-4H3. The van der Waals surface area contributed by atoms with Crippen molar-refractivity contribution in [1.82, 2.24) is 0 Å². The molecular formula is C18H21NO2. The SMILES string of the molecule is CC(=O)N(c1cccc(C)c1C)C(C)c1ccccc1O. The van der Waals surface area contributed by atoms with Crippen LogP contribution in [0, 0.1) is 13.8 Å². The molecule has 3 nitrogen and oxygen atoms in total. The second-order valence-corrected chi connectivity index (χ2v) is 5.34. The van der Waals surface area contributed by atoms with Crippen LogP contribution < -0.4 is 4.90 Å². The number of hydrogen-bond acceptors (Lipinski definition) is 2. The van der Waals surface area contributed by atoms with E-state index in [1.165, 1.54) is 0 Å². The van der Waals surface area contributed by atoms with Crippen LogP contribution in [0.5, 0.6) is 5.75 Å². The van der Waals surface area contributed by atoms with Crippen molar-refractivity contribution in [3.8, 4) is 5.75 Å². The van der Waals surface area contributed by atoms with Crippen LogP contribution in [-0.2, 0) is 4.79 Å². The van der Waals surface area contributed by atoms with Crippen LogP contribution >= 0.6 is 0 Å². The van der Waals surface area contributed by atoms with E-state index in [0.717, 1.165) is 22.4 Å². The first-order valence-corrected chi connectivity index (χ1v) is 7.07. The lowest BCUT2D eigenvalue weighted by molar-refractivity contribution is -0.117. The van der Waals surface area contributed by atoms with Crippen molar-refractivity contribution in [1.29, 1.82) is 0 Å². The number of phenols is 1. The van der Waals surface area contributed by atoms with Gasteiger partial charge in [0.05, 0.1) is 6.04 Å². The number of aromatic hydroxyl groups is 1. The Bertz CT molecular complexity index is 664. The highest BCUT2D eigenvalue weighted by atomic mass is 16.3. The van der Waals surface area contributed by atoms with E-state index in [0.29, 0.717) is 0 Å². The molecule has 3 heteroatoms. The quantitative estimate of drug-likeness (QED) is 0.920. The number of anilines is 1. The van der Waals surface area contributed by atoms with Crippen molar-refractivity contribution in [3.63, 3.8) is 0 Å². The summed E-state index contributed by atoms with van der Waals surface area (Å²) in [5, 5.41) is 10.0. The van der Waals surface area contributed by atoms with Crippen LogP contribution in [0.2, 0.25) is 0 Å². The summed E-state index contributed by atoms with van der Waals surface area (Å²) in [4.78, 5) is 13.9. The number of phenolic OH excluding ortho intramolecular Hbond substituents is 1. The molecular weight excluding hydrogens is 262 g/mol. The number of benzene rings is 2. The van der Waals surface area contributed by atoms with E-state index in [-0.39, 0.29) is 17.7 Å². The van der Waals surface area contributed by atoms with E-state index in [4.69, 9.17) is 0 Å². The van der Waals surface area contributed by atoms with Gasteiger partial charge in [0.1, 0.15) is 5.75 Å². The van der Waals surface area contributed by atoms with E-state index >= 15 is 0 Å². The molecule has 0 heterocycles. The van der Waals surface area contributed by atoms with Crippen LogP contribution in [0.25, 0.3) is 0 Å². The van der Waals surface area contributed by atoms with Gasteiger partial charge in [-0.25, -0.2) is 0 Å². The molecule has 0 spiro atoms. The molecule has 110 valence electrons. The third-order valence-corrected chi connectivity index (χ3v) is 3.95. The number of amides is 1. The maximum atomic E-state index is 12.2. The first-order valence-electron chi connectivity index (χ1n) is 7.07. The summed E-state index contributed by atoms with van der Waals surface area (Å²) in [5.74, 6) is 0.168. The third-order valence-electron chi connectivity index (χ3n) is 3.95. The van der Waals surface area contributed by atoms with Crippen molar-refractivity contribution in [3.05, 3.63) is 59.2 Å². The number of para-hydroxylation sites is 1. The number of hydrogen-bond donors (Lipinski definition) is 1. The number of carbonyl (C=O) groups excluding carboxylic acids is 1. The Morgan fingerprint density at radius 2 is 1.76 bits per heavy atom. The largest absolute Gasteiger partial charge is 0.508 e. The molecule has 0 saturated heterocycles. The van der Waals surface area contributed by atoms with Crippen LogP contribution in [-0.4, -0.2) is 11.0 Å². The third kappa shape index (κ3) is 2.92. The maximum Gasteiger partial charge on any atom is 0.224 e. The molecule has 21 heavy (non-hydrogen) atoms. The normalized spacial score (nSPS) is 12.0. The summed E-state index contributed by atoms with van der Waals surface area (Å²) in [6.45, 7) is 7.52. The van der Waals surface area contributed by atoms with Crippen LogP contribution in [0.4, 0.5) is 5.69 Å². The summed E-state index contributed by atoms with van der Waals surface area (Å²) in [5.41, 5.74) is 3.85. The van der Waals surface area contributed by atoms with Crippen molar-refractivity contribution in [2.24, 2.45) is 0 Å². The van der Waals surface area contributed by atoms with Gasteiger partial charge in [-0.2, -0.15) is 0 Å². The predicted molar refractivity (Wildman–Crippen MR) is 85.6 cm³/mol. The van der Waals surface area contributed by atoms with Gasteiger partial charge >= 0.3 is 0 Å². The summed E-state index contributed by atoms with van der Waals surface area (Å²) >= 11 is 0. The minimum absolute atomic E-state index is 0.0422. The van der Waals surface area contributed by atoms with E-state index in [1.807, 2.05) is 51.1 Å². The van der Waals surface area contributed by atoms with E-state index in [2.05, 4.69) is 0 Å². The second kappa shape index (κ2) is 6.00. The molecule has 1 N–H and O–H groups in total. The highest BCUT2D eigenvalue weighted by Crippen LogP contribution is 2.34. The van der Waals surface area contributed by atoms with Gasteiger partial charge in [0.25, 0.3) is 0 Å². The molecule has 0 radical (unpaired) electrons. The number of rotatable bonds is 3. The van der Waals surface area contributed by atoms with Crippen molar-refractivity contribution in [2.75, 3.05) is 4.90 Å². The molecule has 1 atom stereocenters. The van der Waals surface area contributed by atoms with Gasteiger partial charge in [-0.15, -0.1) is 0 Å². The lowest BCUT2D eigenvalue weighted by atomic mass is 10.0. The number of aryl methyl sites for hydroxylation is 1. The van der Waals surface area contributed by atoms with Gasteiger partial charge in [0.2, 0.25) is 5.91 Å². The van der Waals surface area contributed by atoms with Crippen LogP contribution in [0.3, 0.4) is 0 Å². The van der Waals surface area contributed by atoms with Gasteiger partial charge in [-0.1, -0.05) is 30.3 Å². The van der Waals surface area contributed by atoms with Crippen molar-refractivity contribution < 1.29 is 9.90 Å². The Hall–Kier alpha value is -2.29. The molecule has 1 unspecified atom stereocenters. The molecule has 0 saturated carbocycles. The summed E-state index contributed by atoms with van der Waals surface area (Å²) in [6.07, 6.45) is 0. The zero-order chi connectivity index (χ0) is 15.6. The predicted octanol–water partition coefficient (Wildman–Crippen LogP) is 4.12. The zero-order valence-electron chi connectivity index (χ0n) is 12.9. The minimum atomic E-state index is -0.232. The molecule has 2 aromatic rings. The lowest BCUT2D eigenvalue weighted by Gasteiger charge is -2.30. The molecule has 0 aliphatic carbocycles. The Morgan fingerprint density at radius 1 is 1.10 bits per heavy atom. The Labute approximate surface area is 125 Å². The van der Waals surface area contributed by atoms with Gasteiger partial charge in [-0.05, 0) is 44.0 Å². The molecule has 2 aromatic carbocycles. The summed E-state index contributed by atoms with van der Waals surface area (Å²) < 4.78 is 0. The van der Waals surface area contributed by atoms with E-state index < -0.39 is 0 Å². The molecule has 0 aliphatic heterocycles. The van der Waals surface area contributed by atoms with Crippen LogP contribution in [0.1, 0.15) is 36.6 Å². The Balaban J connectivity index is 2.52. The molecule has 0 aromatic heterocycles. The molecule has 0 bridgehead atoms. The smallest absolute Gasteiger partial charge is 0.224 e. The fraction of sp³-hybridized carbons (Fsp3) is 0.278. The Kier molecular flexibility index (Phi) is 4.32. The molecule has 0 aliphatic rings. The molecule has 0 fully saturated rings. The molecule has 1 amide bonds. The van der Waals surface area contributed by atoms with Crippen LogP contribution in [0.15, 0.2) is 42.5 Å². The summed E-state index contributed by atoms with van der Waals surface area (Å²) in [6, 6.07) is 12.8. The highest BCUT2D eigenvalue weighted by Gasteiger charge is 2.23. The Morgan fingerprint density at radius 3 is 2.38 bits per heavy atom. The average Bonchev–Trinajstić information content (AvgIpc) is 2.43. The van der Waals surface area contributed by atoms with Crippen molar-refractivity contribution >= 4 is 11.6 Å². The minimum Gasteiger partial charge on any atom is -0.508 e. The second-order valence-electron chi connectivity index (χ2n) is 5.34. The topological polar surface area (TPSA) is 40.5 Å². The van der Waals surface area contributed by atoms with Crippen molar-refractivity contribution in [2.45, 2.75) is 33.7 Å².